The van der Waals surface area contributed by atoms with Crippen molar-refractivity contribution >= 4 is 38.9 Å². The molecule has 1 aromatic rings. The highest BCUT2D eigenvalue weighted by Crippen LogP contribution is 2.27. The molecule has 0 N–H and O–H groups in total. The maximum atomic E-state index is 12.4. The van der Waals surface area contributed by atoms with Gasteiger partial charge in [0.15, 0.2) is 0 Å². The molecule has 0 aliphatic rings. The summed E-state index contributed by atoms with van der Waals surface area (Å²) in [4.78, 5) is 13.8. The third-order valence-electron chi connectivity index (χ3n) is 3.05. The van der Waals surface area contributed by atoms with Gasteiger partial charge in [0.05, 0.1) is 24.1 Å². The van der Waals surface area contributed by atoms with E-state index in [0.29, 0.717) is 30.6 Å². The molecule has 1 aromatic heterocycles. The largest absolute Gasteiger partial charge is 0.383 e. The molecule has 0 atom stereocenters. The average molecular weight is 385 g/mol. The Kier molecular flexibility index (Phi) is 8.45. The predicted octanol–water partition coefficient (Wildman–Crippen LogP) is 1.14. The van der Waals surface area contributed by atoms with Gasteiger partial charge in [-0.3, -0.25) is 4.79 Å². The van der Waals surface area contributed by atoms with Gasteiger partial charge in [-0.25, -0.2) is 8.42 Å². The van der Waals surface area contributed by atoms with E-state index in [9.17, 15) is 13.2 Å². The van der Waals surface area contributed by atoms with Crippen molar-refractivity contribution in [2.75, 3.05) is 54.1 Å². The zero-order valence-corrected chi connectivity index (χ0v) is 15.7. The Morgan fingerprint density at radius 2 is 1.78 bits per heavy atom. The third-order valence-corrected chi connectivity index (χ3v) is 6.56. The number of ether oxygens (including phenoxy) is 2. The summed E-state index contributed by atoms with van der Waals surface area (Å²) >= 11 is 6.73. The zero-order chi connectivity index (χ0) is 17.5. The molecule has 0 fully saturated rings. The van der Waals surface area contributed by atoms with Crippen LogP contribution in [-0.4, -0.2) is 77.6 Å². The van der Waals surface area contributed by atoms with Crippen LogP contribution in [-0.2, 0) is 24.3 Å². The minimum Gasteiger partial charge on any atom is -0.383 e. The highest BCUT2D eigenvalue weighted by molar-refractivity contribution is 7.91. The Balaban J connectivity index is 2.75. The molecule has 1 amide bonds. The summed E-state index contributed by atoms with van der Waals surface area (Å²) in [7, 11) is 0.712. The Morgan fingerprint density at radius 3 is 2.22 bits per heavy atom. The Hall–Kier alpha value is -0.710. The van der Waals surface area contributed by atoms with Gasteiger partial charge >= 0.3 is 0 Å². The fraction of sp³-hybridized carbons (Fsp3) is 0.615. The monoisotopic (exact) mass is 384 g/mol. The summed E-state index contributed by atoms with van der Waals surface area (Å²) in [5.41, 5.74) is 0. The van der Waals surface area contributed by atoms with Crippen molar-refractivity contribution in [3.63, 3.8) is 0 Å². The van der Waals surface area contributed by atoms with Crippen molar-refractivity contribution in [2.24, 2.45) is 0 Å². The molecule has 1 rings (SSSR count). The molecule has 0 saturated heterocycles. The van der Waals surface area contributed by atoms with Crippen molar-refractivity contribution in [1.29, 1.82) is 0 Å². The topological polar surface area (TPSA) is 76.2 Å². The van der Waals surface area contributed by atoms with Crippen LogP contribution in [0.3, 0.4) is 0 Å². The van der Waals surface area contributed by atoms with Crippen LogP contribution in [0.15, 0.2) is 16.3 Å². The SMILES string of the molecule is COCCN(CCOC)C(=O)CN(C)S(=O)(=O)c1ccc(Cl)s1. The van der Waals surface area contributed by atoms with Crippen molar-refractivity contribution < 1.29 is 22.7 Å². The zero-order valence-electron chi connectivity index (χ0n) is 13.3. The summed E-state index contributed by atoms with van der Waals surface area (Å²) in [5, 5.41) is 0. The fourth-order valence-electron chi connectivity index (χ4n) is 1.73. The summed E-state index contributed by atoms with van der Waals surface area (Å²) in [6.45, 7) is 1.22. The second kappa shape index (κ2) is 9.55. The number of carbonyl (C=O) groups excluding carboxylic acids is 1. The van der Waals surface area contributed by atoms with Gasteiger partial charge in [-0.05, 0) is 12.1 Å². The van der Waals surface area contributed by atoms with Crippen LogP contribution in [0.5, 0.6) is 0 Å². The minimum atomic E-state index is -3.73. The van der Waals surface area contributed by atoms with Crippen LogP contribution >= 0.6 is 22.9 Å². The molecule has 1 heterocycles. The normalized spacial score (nSPS) is 11.9. The number of hydrogen-bond acceptors (Lipinski definition) is 6. The van der Waals surface area contributed by atoms with E-state index in [4.69, 9.17) is 21.1 Å². The first-order valence-corrected chi connectivity index (χ1v) is 9.43. The van der Waals surface area contributed by atoms with Crippen LogP contribution < -0.4 is 0 Å². The van der Waals surface area contributed by atoms with E-state index in [1.807, 2.05) is 0 Å². The van der Waals surface area contributed by atoms with Crippen LogP contribution in [0.25, 0.3) is 0 Å². The van der Waals surface area contributed by atoms with Gasteiger partial charge in [0.25, 0.3) is 10.0 Å². The molecule has 132 valence electrons. The molecule has 0 aliphatic carbocycles. The van der Waals surface area contributed by atoms with Crippen molar-refractivity contribution in [3.05, 3.63) is 16.5 Å². The number of likely N-dealkylation sites (N-methyl/N-ethyl adjacent to an activating group) is 1. The molecule has 0 saturated carbocycles. The van der Waals surface area contributed by atoms with Gasteiger partial charge in [0.2, 0.25) is 5.91 Å². The predicted molar refractivity (Wildman–Crippen MR) is 89.5 cm³/mol. The third kappa shape index (κ3) is 6.02. The van der Waals surface area contributed by atoms with Crippen LogP contribution in [0.4, 0.5) is 0 Å². The molecule has 23 heavy (non-hydrogen) atoms. The molecule has 0 bridgehead atoms. The Labute approximate surface area is 145 Å². The van der Waals surface area contributed by atoms with Gasteiger partial charge in [0, 0.05) is 34.4 Å². The van der Waals surface area contributed by atoms with Gasteiger partial charge in [0.1, 0.15) is 4.21 Å². The number of thiophene rings is 1. The summed E-state index contributed by atoms with van der Waals surface area (Å²) in [5.74, 6) is -0.312. The lowest BCUT2D eigenvalue weighted by Gasteiger charge is -2.24. The Bertz CT molecular complexity index is 597. The number of sulfonamides is 1. The maximum Gasteiger partial charge on any atom is 0.252 e. The number of hydrogen-bond donors (Lipinski definition) is 0. The van der Waals surface area contributed by atoms with E-state index >= 15 is 0 Å². The molecule has 0 aromatic carbocycles. The number of methoxy groups -OCH3 is 2. The van der Waals surface area contributed by atoms with E-state index in [-0.39, 0.29) is 16.7 Å². The summed E-state index contributed by atoms with van der Waals surface area (Å²) in [6.07, 6.45) is 0. The lowest BCUT2D eigenvalue weighted by Crippen LogP contribution is -2.43. The van der Waals surface area contributed by atoms with E-state index in [2.05, 4.69) is 0 Å². The number of rotatable bonds is 10. The molecule has 0 unspecified atom stereocenters. The van der Waals surface area contributed by atoms with Crippen LogP contribution in [0.1, 0.15) is 0 Å². The summed E-state index contributed by atoms with van der Waals surface area (Å²) in [6, 6.07) is 2.94. The maximum absolute atomic E-state index is 12.4. The van der Waals surface area contributed by atoms with Crippen LogP contribution in [0, 0.1) is 0 Å². The smallest absolute Gasteiger partial charge is 0.252 e. The van der Waals surface area contributed by atoms with Gasteiger partial charge in [-0.2, -0.15) is 4.31 Å². The van der Waals surface area contributed by atoms with E-state index in [1.165, 1.54) is 38.3 Å². The number of nitrogens with zero attached hydrogens (tertiary/aromatic N) is 2. The van der Waals surface area contributed by atoms with Gasteiger partial charge in [-0.15, -0.1) is 11.3 Å². The van der Waals surface area contributed by atoms with E-state index in [0.717, 1.165) is 15.6 Å². The first-order chi connectivity index (χ1) is 10.8. The van der Waals surface area contributed by atoms with E-state index in [1.54, 1.807) is 0 Å². The summed E-state index contributed by atoms with van der Waals surface area (Å²) < 4.78 is 36.2. The minimum absolute atomic E-state index is 0.109. The van der Waals surface area contributed by atoms with Crippen molar-refractivity contribution in [1.82, 2.24) is 9.21 Å². The second-order valence-corrected chi connectivity index (χ2v) is 8.67. The lowest BCUT2D eigenvalue weighted by molar-refractivity contribution is -0.132. The first-order valence-electron chi connectivity index (χ1n) is 6.80. The van der Waals surface area contributed by atoms with Gasteiger partial charge < -0.3 is 14.4 Å². The fourth-order valence-corrected chi connectivity index (χ4v) is 4.54. The molecular weight excluding hydrogens is 364 g/mol. The Morgan fingerprint density at radius 1 is 1.22 bits per heavy atom. The van der Waals surface area contributed by atoms with Crippen molar-refractivity contribution in [3.8, 4) is 0 Å². The molecule has 10 heteroatoms. The quantitative estimate of drug-likeness (QED) is 0.604. The lowest BCUT2D eigenvalue weighted by atomic mass is 10.4. The second-order valence-electron chi connectivity index (χ2n) is 4.69. The number of carbonyl (C=O) groups is 1. The molecule has 0 aliphatic heterocycles. The number of amides is 1. The highest BCUT2D eigenvalue weighted by atomic mass is 35.5. The van der Waals surface area contributed by atoms with Gasteiger partial charge in [-0.1, -0.05) is 11.6 Å². The first kappa shape index (κ1) is 20.3. The molecule has 7 nitrogen and oxygen atoms in total. The number of halogens is 1. The highest BCUT2D eigenvalue weighted by Gasteiger charge is 2.26. The van der Waals surface area contributed by atoms with E-state index < -0.39 is 10.0 Å². The average Bonchev–Trinajstić information content (AvgIpc) is 2.94. The molecular formula is C13H21ClN2O5S2. The molecule has 0 radical (unpaired) electrons. The standard InChI is InChI=1S/C13H21ClN2O5S2/c1-15(23(18,19)13-5-4-11(14)22-13)10-12(17)16(6-8-20-2)7-9-21-3/h4-5H,6-10H2,1-3H3. The van der Waals surface area contributed by atoms with Crippen molar-refractivity contribution in [2.45, 2.75) is 4.21 Å². The molecule has 0 spiro atoms. The van der Waals surface area contributed by atoms with Crippen LogP contribution in [0.2, 0.25) is 4.34 Å².